The van der Waals surface area contributed by atoms with Crippen molar-refractivity contribution in [3.8, 4) is 17.0 Å². The van der Waals surface area contributed by atoms with E-state index in [9.17, 15) is 17.6 Å². The van der Waals surface area contributed by atoms with Crippen molar-refractivity contribution in [1.82, 2.24) is 24.8 Å². The van der Waals surface area contributed by atoms with Crippen LogP contribution in [0.5, 0.6) is 5.88 Å². The molecule has 0 radical (unpaired) electrons. The fourth-order valence-electron chi connectivity index (χ4n) is 4.53. The third-order valence-electron chi connectivity index (χ3n) is 6.49. The number of carbonyl (C=O) groups excluding carboxylic acids is 1. The number of rotatable bonds is 6. The highest BCUT2D eigenvalue weighted by atomic mass is 32.2. The lowest BCUT2D eigenvalue weighted by molar-refractivity contribution is 0.0240. The first-order chi connectivity index (χ1) is 19.9. The van der Waals surface area contributed by atoms with Gasteiger partial charge in [-0.1, -0.05) is 6.07 Å². The van der Waals surface area contributed by atoms with Gasteiger partial charge in [-0.3, -0.25) is 9.71 Å². The molecule has 3 aromatic heterocycles. The Morgan fingerprint density at radius 2 is 1.76 bits per heavy atom. The number of aromatic nitrogens is 4. The number of amides is 1. The number of hydrogen-bond donors (Lipinski definition) is 1. The van der Waals surface area contributed by atoms with E-state index in [0.29, 0.717) is 43.1 Å². The zero-order valence-corrected chi connectivity index (χ0v) is 24.4. The van der Waals surface area contributed by atoms with E-state index in [2.05, 4.69) is 29.6 Å². The topological polar surface area (TPSA) is 140 Å². The van der Waals surface area contributed by atoms with E-state index >= 15 is 0 Å². The Morgan fingerprint density at radius 1 is 1.00 bits per heavy atom. The van der Waals surface area contributed by atoms with Crippen LogP contribution in [0.3, 0.4) is 0 Å². The number of piperazine rings is 1. The number of fused-ring (bicyclic) bond motifs is 1. The Hall–Kier alpha value is -4.59. The summed E-state index contributed by atoms with van der Waals surface area (Å²) in [6.45, 7) is 7.57. The molecule has 1 N–H and O–H groups in total. The third kappa shape index (κ3) is 6.17. The van der Waals surface area contributed by atoms with Crippen LogP contribution in [0.1, 0.15) is 20.8 Å². The summed E-state index contributed by atoms with van der Waals surface area (Å²) < 4.78 is 53.2. The quantitative estimate of drug-likeness (QED) is 0.347. The Balaban J connectivity index is 1.43. The van der Waals surface area contributed by atoms with E-state index in [4.69, 9.17) is 9.47 Å². The highest BCUT2D eigenvalue weighted by molar-refractivity contribution is 7.92. The van der Waals surface area contributed by atoms with Gasteiger partial charge < -0.3 is 19.3 Å². The average molecular weight is 596 g/mol. The Bertz CT molecular complexity index is 1740. The molecule has 0 aliphatic carbocycles. The van der Waals surface area contributed by atoms with Gasteiger partial charge in [0.25, 0.3) is 10.0 Å². The first kappa shape index (κ1) is 28.9. The third-order valence-corrected chi connectivity index (χ3v) is 7.89. The molecule has 42 heavy (non-hydrogen) atoms. The van der Waals surface area contributed by atoms with Crippen LogP contribution in [0.15, 0.2) is 60.1 Å². The van der Waals surface area contributed by atoms with Gasteiger partial charge in [0.1, 0.15) is 28.3 Å². The minimum absolute atomic E-state index is 0.0180. The second-order valence-electron chi connectivity index (χ2n) is 10.6. The maximum Gasteiger partial charge on any atom is 0.410 e. The number of nitrogens with one attached hydrogen (secondary N) is 1. The van der Waals surface area contributed by atoms with Crippen molar-refractivity contribution in [3.63, 3.8) is 0 Å². The van der Waals surface area contributed by atoms with Gasteiger partial charge in [0.2, 0.25) is 5.88 Å². The lowest BCUT2D eigenvalue weighted by atomic mass is 10.0. The zero-order chi connectivity index (χ0) is 30.1. The molecule has 0 spiro atoms. The molecule has 4 aromatic rings. The molecule has 1 aliphatic heterocycles. The molecule has 1 aromatic carbocycles. The standard InChI is InChI=1S/C28H30FN7O5S/c1-28(2,3)41-27(37)36-11-9-35(10-12-36)25-20-13-18(5-6-22(20)32-17-33-25)19-14-23(26(40-4)31-15-19)34-42(38,39)24-7-8-30-16-21(24)29/h5-8,13-17,34H,9-12H2,1-4H3. The first-order valence-electron chi connectivity index (χ1n) is 13.1. The molecule has 1 aliphatic rings. The van der Waals surface area contributed by atoms with Gasteiger partial charge in [0.15, 0.2) is 5.82 Å². The molecule has 0 atom stereocenters. The lowest BCUT2D eigenvalue weighted by Crippen LogP contribution is -2.50. The van der Waals surface area contributed by atoms with Gasteiger partial charge in [0, 0.05) is 49.5 Å². The van der Waals surface area contributed by atoms with Crippen molar-refractivity contribution < 1.29 is 27.1 Å². The Labute approximate surface area is 242 Å². The number of nitrogens with zero attached hydrogens (tertiary/aromatic N) is 6. The summed E-state index contributed by atoms with van der Waals surface area (Å²) in [5.74, 6) is -0.257. The summed E-state index contributed by atoms with van der Waals surface area (Å²) in [4.78, 5) is 32.5. The minimum Gasteiger partial charge on any atom is -0.480 e. The molecule has 1 fully saturated rings. The predicted octanol–water partition coefficient (Wildman–Crippen LogP) is 4.09. The van der Waals surface area contributed by atoms with Crippen LogP contribution >= 0.6 is 0 Å². The largest absolute Gasteiger partial charge is 0.480 e. The van der Waals surface area contributed by atoms with Crippen molar-refractivity contribution in [1.29, 1.82) is 0 Å². The fraction of sp³-hybridized carbons (Fsp3) is 0.321. The van der Waals surface area contributed by atoms with E-state index < -0.39 is 26.3 Å². The van der Waals surface area contributed by atoms with Crippen LogP contribution in [0.2, 0.25) is 0 Å². The maximum absolute atomic E-state index is 14.2. The predicted molar refractivity (Wildman–Crippen MR) is 154 cm³/mol. The molecule has 1 amide bonds. The maximum atomic E-state index is 14.2. The van der Waals surface area contributed by atoms with Crippen molar-refractivity contribution >= 4 is 38.5 Å². The highest BCUT2D eigenvalue weighted by Crippen LogP contribution is 2.33. The smallest absolute Gasteiger partial charge is 0.410 e. The van der Waals surface area contributed by atoms with Crippen LogP contribution in [0.25, 0.3) is 22.0 Å². The summed E-state index contributed by atoms with van der Waals surface area (Å²) in [5, 5.41) is 0.775. The van der Waals surface area contributed by atoms with E-state index in [1.54, 1.807) is 17.2 Å². The van der Waals surface area contributed by atoms with Crippen molar-refractivity contribution in [2.45, 2.75) is 31.3 Å². The summed E-state index contributed by atoms with van der Waals surface area (Å²) in [6, 6.07) is 8.21. The highest BCUT2D eigenvalue weighted by Gasteiger charge is 2.27. The van der Waals surface area contributed by atoms with Gasteiger partial charge in [-0.2, -0.15) is 0 Å². The van der Waals surface area contributed by atoms with Crippen LogP contribution in [-0.4, -0.2) is 78.2 Å². The SMILES string of the molecule is COc1ncc(-c2ccc3ncnc(N4CCN(C(=O)OC(C)(C)C)CC4)c3c2)cc1NS(=O)(=O)c1ccncc1F. The molecule has 14 heteroatoms. The van der Waals surface area contributed by atoms with Gasteiger partial charge >= 0.3 is 6.09 Å². The zero-order valence-electron chi connectivity index (χ0n) is 23.5. The number of methoxy groups -OCH3 is 1. The van der Waals surface area contributed by atoms with Crippen molar-refractivity contribution in [2.24, 2.45) is 0 Å². The van der Waals surface area contributed by atoms with E-state index in [1.165, 1.54) is 19.6 Å². The van der Waals surface area contributed by atoms with E-state index in [0.717, 1.165) is 23.2 Å². The van der Waals surface area contributed by atoms with E-state index in [-0.39, 0.29) is 17.7 Å². The molecule has 12 nitrogen and oxygen atoms in total. The van der Waals surface area contributed by atoms with Crippen LogP contribution in [-0.2, 0) is 14.8 Å². The second kappa shape index (κ2) is 11.4. The average Bonchev–Trinajstić information content (AvgIpc) is 2.95. The molecule has 5 rings (SSSR count). The first-order valence-corrected chi connectivity index (χ1v) is 14.6. The second-order valence-corrected chi connectivity index (χ2v) is 12.2. The molecule has 0 bridgehead atoms. The number of hydrogen-bond acceptors (Lipinski definition) is 10. The molecule has 220 valence electrons. The number of sulfonamides is 1. The van der Waals surface area contributed by atoms with E-state index in [1.807, 2.05) is 39.0 Å². The number of carbonyl (C=O) groups is 1. The Kier molecular flexibility index (Phi) is 7.82. The number of halogens is 1. The molecule has 0 saturated carbocycles. The number of anilines is 2. The van der Waals surface area contributed by atoms with Crippen LogP contribution in [0, 0.1) is 5.82 Å². The van der Waals surface area contributed by atoms with Gasteiger partial charge in [0.05, 0.1) is 18.8 Å². The van der Waals surface area contributed by atoms with Gasteiger partial charge in [-0.25, -0.2) is 32.6 Å². The molecule has 1 saturated heterocycles. The van der Waals surface area contributed by atoms with Crippen LogP contribution in [0.4, 0.5) is 20.7 Å². The number of benzene rings is 1. The summed E-state index contributed by atoms with van der Waals surface area (Å²) in [7, 11) is -2.94. The number of pyridine rings is 2. The van der Waals surface area contributed by atoms with Gasteiger partial charge in [-0.05, 0) is 50.6 Å². The van der Waals surface area contributed by atoms with Crippen molar-refractivity contribution in [3.05, 3.63) is 61.1 Å². The summed E-state index contributed by atoms with van der Waals surface area (Å²) in [6.07, 6.45) is 4.72. The molecule has 4 heterocycles. The lowest BCUT2D eigenvalue weighted by Gasteiger charge is -2.36. The summed E-state index contributed by atoms with van der Waals surface area (Å²) >= 11 is 0. The van der Waals surface area contributed by atoms with Gasteiger partial charge in [-0.15, -0.1) is 0 Å². The summed E-state index contributed by atoms with van der Waals surface area (Å²) in [5.41, 5.74) is 1.48. The Morgan fingerprint density at radius 3 is 2.45 bits per heavy atom. The number of ether oxygens (including phenoxy) is 2. The molecule has 0 unspecified atom stereocenters. The van der Waals surface area contributed by atoms with Crippen molar-refractivity contribution in [2.75, 3.05) is 42.9 Å². The normalized spacial score (nSPS) is 14.1. The monoisotopic (exact) mass is 595 g/mol. The minimum atomic E-state index is -4.30. The molecular formula is C28H30FN7O5S. The molecular weight excluding hydrogens is 565 g/mol. The van der Waals surface area contributed by atoms with Crippen LogP contribution < -0.4 is 14.4 Å². The fourth-order valence-corrected chi connectivity index (χ4v) is 5.62.